The molecule has 0 bridgehead atoms. The Labute approximate surface area is 152 Å². The molecule has 24 heavy (non-hydrogen) atoms. The van der Waals surface area contributed by atoms with Gasteiger partial charge in [-0.3, -0.25) is 4.79 Å². The van der Waals surface area contributed by atoms with Crippen molar-refractivity contribution in [3.63, 3.8) is 0 Å². The summed E-state index contributed by atoms with van der Waals surface area (Å²) < 4.78 is 10.6. The third kappa shape index (κ3) is 4.24. The zero-order valence-corrected chi connectivity index (χ0v) is 15.3. The summed E-state index contributed by atoms with van der Waals surface area (Å²) in [7, 11) is 3.16. The normalized spacial score (nSPS) is 9.83. The number of nitrogen functional groups attached to an aromatic ring is 1. The molecule has 0 heterocycles. The number of amides is 1. The lowest BCUT2D eigenvalue weighted by Gasteiger charge is -2.19. The quantitative estimate of drug-likeness (QED) is 0.806. The van der Waals surface area contributed by atoms with E-state index in [0.717, 1.165) is 11.4 Å². The third-order valence-electron chi connectivity index (χ3n) is 3.39. The molecule has 130 valence electrons. The molecule has 0 spiro atoms. The molecule has 0 aliphatic rings. The summed E-state index contributed by atoms with van der Waals surface area (Å²) >= 11 is 6.03. The lowest BCUT2D eigenvalue weighted by Crippen LogP contribution is -2.26. The fourth-order valence-corrected chi connectivity index (χ4v) is 2.30. The Balaban J connectivity index is 0.00000288. The van der Waals surface area contributed by atoms with Crippen molar-refractivity contribution in [3.8, 4) is 11.5 Å². The molecule has 0 saturated heterocycles. The Bertz CT molecular complexity index is 706. The van der Waals surface area contributed by atoms with Gasteiger partial charge in [-0.2, -0.15) is 0 Å². The van der Waals surface area contributed by atoms with Gasteiger partial charge < -0.3 is 20.1 Å². The highest BCUT2D eigenvalue weighted by Gasteiger charge is 2.19. The summed E-state index contributed by atoms with van der Waals surface area (Å²) in [6.07, 6.45) is 0. The lowest BCUT2D eigenvalue weighted by atomic mass is 10.1. The van der Waals surface area contributed by atoms with Crippen LogP contribution in [0.15, 0.2) is 36.4 Å². The summed E-state index contributed by atoms with van der Waals surface area (Å²) in [5.41, 5.74) is 7.19. The van der Waals surface area contributed by atoms with Gasteiger partial charge in [-0.1, -0.05) is 11.6 Å². The number of methoxy groups -OCH3 is 1. The minimum Gasteiger partial charge on any atom is -0.496 e. The Morgan fingerprint density at radius 1 is 1.25 bits per heavy atom. The van der Waals surface area contributed by atoms with E-state index < -0.39 is 0 Å². The average molecular weight is 371 g/mol. The maximum atomic E-state index is 12.7. The molecule has 2 aromatic rings. The number of anilines is 2. The molecule has 2 rings (SSSR count). The number of benzene rings is 2. The number of nitrogens with zero attached hydrogens (tertiary/aromatic N) is 1. The van der Waals surface area contributed by atoms with Gasteiger partial charge in [-0.05, 0) is 37.3 Å². The van der Waals surface area contributed by atoms with E-state index in [9.17, 15) is 4.79 Å². The number of nitrogens with two attached hydrogens (primary N) is 1. The Morgan fingerprint density at radius 2 is 1.88 bits per heavy atom. The number of hydrogen-bond donors (Lipinski definition) is 1. The standard InChI is InChI=1S/C17H19ClN2O3.ClH/c1-4-23-12-7-5-11(6-8-12)20(2)17(21)13-9-14(18)15(19)10-16(13)22-3;/h5-10H,4,19H2,1-3H3;1H. The monoisotopic (exact) mass is 370 g/mol. The Morgan fingerprint density at radius 3 is 2.42 bits per heavy atom. The van der Waals surface area contributed by atoms with E-state index in [2.05, 4.69) is 0 Å². The fourth-order valence-electron chi connectivity index (χ4n) is 2.14. The van der Waals surface area contributed by atoms with Gasteiger partial charge >= 0.3 is 0 Å². The van der Waals surface area contributed by atoms with Crippen LogP contribution in [0.2, 0.25) is 5.02 Å². The van der Waals surface area contributed by atoms with E-state index >= 15 is 0 Å². The van der Waals surface area contributed by atoms with Crippen molar-refractivity contribution in [2.45, 2.75) is 6.92 Å². The third-order valence-corrected chi connectivity index (χ3v) is 3.72. The van der Waals surface area contributed by atoms with E-state index in [1.807, 2.05) is 31.2 Å². The second-order valence-electron chi connectivity index (χ2n) is 4.87. The highest BCUT2D eigenvalue weighted by Crippen LogP contribution is 2.30. The number of carbonyl (C=O) groups is 1. The molecule has 0 unspecified atom stereocenters. The molecular formula is C17H20Cl2N2O3. The molecule has 0 aromatic heterocycles. The summed E-state index contributed by atoms with van der Waals surface area (Å²) in [5.74, 6) is 0.896. The van der Waals surface area contributed by atoms with E-state index in [1.54, 1.807) is 13.1 Å². The fraction of sp³-hybridized carbons (Fsp3) is 0.235. The minimum absolute atomic E-state index is 0. The van der Waals surface area contributed by atoms with Crippen LogP contribution in [0.1, 0.15) is 17.3 Å². The molecule has 2 aromatic carbocycles. The van der Waals surface area contributed by atoms with Crippen LogP contribution >= 0.6 is 24.0 Å². The van der Waals surface area contributed by atoms with Crippen LogP contribution in [-0.2, 0) is 0 Å². The number of carbonyl (C=O) groups excluding carboxylic acids is 1. The number of hydrogen-bond acceptors (Lipinski definition) is 4. The van der Waals surface area contributed by atoms with Crippen molar-refractivity contribution in [1.82, 2.24) is 0 Å². The highest BCUT2D eigenvalue weighted by molar-refractivity contribution is 6.33. The average Bonchev–Trinajstić information content (AvgIpc) is 2.56. The second-order valence-corrected chi connectivity index (χ2v) is 5.27. The van der Waals surface area contributed by atoms with Gasteiger partial charge in [0.1, 0.15) is 11.5 Å². The van der Waals surface area contributed by atoms with Crippen LogP contribution in [0.4, 0.5) is 11.4 Å². The summed E-state index contributed by atoms with van der Waals surface area (Å²) in [5, 5.41) is 0.314. The van der Waals surface area contributed by atoms with Crippen molar-refractivity contribution in [1.29, 1.82) is 0 Å². The predicted molar refractivity (Wildman–Crippen MR) is 100 cm³/mol. The van der Waals surface area contributed by atoms with Crippen molar-refractivity contribution < 1.29 is 14.3 Å². The summed E-state index contributed by atoms with van der Waals surface area (Å²) in [6.45, 7) is 2.51. The van der Waals surface area contributed by atoms with Crippen LogP contribution in [0.3, 0.4) is 0 Å². The SMILES string of the molecule is CCOc1ccc(N(C)C(=O)c2cc(Cl)c(N)cc2OC)cc1.Cl. The van der Waals surface area contributed by atoms with Gasteiger partial charge in [-0.15, -0.1) is 12.4 Å². The molecule has 0 fully saturated rings. The molecule has 0 aliphatic heterocycles. The molecule has 0 saturated carbocycles. The molecular weight excluding hydrogens is 351 g/mol. The van der Waals surface area contributed by atoms with Crippen LogP contribution in [-0.4, -0.2) is 26.7 Å². The molecule has 2 N–H and O–H groups in total. The van der Waals surface area contributed by atoms with E-state index in [0.29, 0.717) is 28.6 Å². The Kier molecular flexibility index (Phi) is 7.19. The second kappa shape index (κ2) is 8.66. The molecule has 7 heteroatoms. The number of halogens is 2. The van der Waals surface area contributed by atoms with Gasteiger partial charge in [0, 0.05) is 18.8 Å². The van der Waals surface area contributed by atoms with Crippen molar-refractivity contribution in [3.05, 3.63) is 47.0 Å². The van der Waals surface area contributed by atoms with E-state index in [1.165, 1.54) is 18.1 Å². The topological polar surface area (TPSA) is 64.8 Å². The van der Waals surface area contributed by atoms with Crippen LogP contribution < -0.4 is 20.1 Å². The molecule has 0 atom stereocenters. The first kappa shape index (κ1) is 19.9. The molecule has 0 radical (unpaired) electrons. The van der Waals surface area contributed by atoms with E-state index in [-0.39, 0.29) is 18.3 Å². The first-order chi connectivity index (χ1) is 11.0. The van der Waals surface area contributed by atoms with Crippen LogP contribution in [0.25, 0.3) is 0 Å². The summed E-state index contributed by atoms with van der Waals surface area (Å²) in [4.78, 5) is 14.2. The van der Waals surface area contributed by atoms with Crippen molar-refractivity contribution in [2.75, 3.05) is 31.4 Å². The molecule has 1 amide bonds. The largest absolute Gasteiger partial charge is 0.496 e. The van der Waals surface area contributed by atoms with Gasteiger partial charge in [0.05, 0.1) is 30.0 Å². The maximum absolute atomic E-state index is 12.7. The molecule has 0 aliphatic carbocycles. The van der Waals surface area contributed by atoms with Gasteiger partial charge in [-0.25, -0.2) is 0 Å². The zero-order valence-electron chi connectivity index (χ0n) is 13.7. The predicted octanol–water partition coefficient (Wildman–Crippen LogP) is 4.03. The first-order valence-electron chi connectivity index (χ1n) is 7.11. The van der Waals surface area contributed by atoms with Crippen molar-refractivity contribution >= 4 is 41.3 Å². The van der Waals surface area contributed by atoms with Gasteiger partial charge in [0.15, 0.2) is 0 Å². The van der Waals surface area contributed by atoms with Crippen LogP contribution in [0, 0.1) is 0 Å². The van der Waals surface area contributed by atoms with E-state index in [4.69, 9.17) is 26.8 Å². The van der Waals surface area contributed by atoms with Crippen molar-refractivity contribution in [2.24, 2.45) is 0 Å². The first-order valence-corrected chi connectivity index (χ1v) is 7.49. The van der Waals surface area contributed by atoms with Gasteiger partial charge in [0.25, 0.3) is 5.91 Å². The zero-order chi connectivity index (χ0) is 17.0. The highest BCUT2D eigenvalue weighted by atomic mass is 35.5. The smallest absolute Gasteiger partial charge is 0.261 e. The maximum Gasteiger partial charge on any atom is 0.261 e. The number of rotatable bonds is 5. The minimum atomic E-state index is -0.243. The lowest BCUT2D eigenvalue weighted by molar-refractivity contribution is 0.0990. The Hall–Kier alpha value is -2.11. The molecule has 5 nitrogen and oxygen atoms in total. The summed E-state index contributed by atoms with van der Waals surface area (Å²) in [6, 6.07) is 10.3. The van der Waals surface area contributed by atoms with Gasteiger partial charge in [0.2, 0.25) is 0 Å². The van der Waals surface area contributed by atoms with Crippen LogP contribution in [0.5, 0.6) is 11.5 Å². The number of ether oxygens (including phenoxy) is 2.